The monoisotopic (exact) mass is 590 g/mol. The van der Waals surface area contributed by atoms with E-state index in [1.54, 1.807) is 16.9 Å². The van der Waals surface area contributed by atoms with E-state index in [1.165, 1.54) is 18.5 Å². The van der Waals surface area contributed by atoms with Gasteiger partial charge in [-0.2, -0.15) is 5.10 Å². The molecule has 0 saturated heterocycles. The average Bonchev–Trinajstić information content (AvgIpc) is 3.71. The number of carbonyl (C=O) groups excluding carboxylic acids is 2. The molecule has 13 heteroatoms. The van der Waals surface area contributed by atoms with Gasteiger partial charge in [-0.25, -0.2) is 27.1 Å². The normalized spacial score (nSPS) is 18.5. The van der Waals surface area contributed by atoms with Crippen molar-refractivity contribution in [3.63, 3.8) is 0 Å². The lowest BCUT2D eigenvalue weighted by atomic mass is 9.81. The second-order valence-corrected chi connectivity index (χ2v) is 11.1. The topological polar surface area (TPSA) is 111 Å². The molecule has 3 heterocycles. The van der Waals surface area contributed by atoms with Crippen molar-refractivity contribution in [3.05, 3.63) is 53.7 Å². The molecule has 2 atom stereocenters. The van der Waals surface area contributed by atoms with Gasteiger partial charge in [-0.15, -0.1) is 0 Å². The smallest absolute Gasteiger partial charge is 0.272 e. The van der Waals surface area contributed by atoms with Crippen LogP contribution in [0.1, 0.15) is 92.0 Å². The van der Waals surface area contributed by atoms with Gasteiger partial charge in [0.25, 0.3) is 12.3 Å². The first kappa shape index (κ1) is 29.7. The summed E-state index contributed by atoms with van der Waals surface area (Å²) in [6, 6.07) is 2.27. The summed E-state index contributed by atoms with van der Waals surface area (Å²) in [6.07, 6.45) is 6.10. The molecule has 5 rings (SSSR count). The average molecular weight is 591 g/mol. The van der Waals surface area contributed by atoms with E-state index in [1.807, 2.05) is 13.0 Å². The zero-order chi connectivity index (χ0) is 29.9. The second kappa shape index (κ2) is 12.6. The summed E-state index contributed by atoms with van der Waals surface area (Å²) in [5.41, 5.74) is 1.87. The zero-order valence-corrected chi connectivity index (χ0v) is 23.2. The van der Waals surface area contributed by atoms with Crippen LogP contribution in [0.2, 0.25) is 0 Å². The summed E-state index contributed by atoms with van der Waals surface area (Å²) in [7, 11) is 0. The number of imidazole rings is 1. The zero-order valence-electron chi connectivity index (χ0n) is 23.2. The largest absolute Gasteiger partial charge is 0.486 e. The van der Waals surface area contributed by atoms with Gasteiger partial charge < -0.3 is 15.4 Å². The first-order valence-corrected chi connectivity index (χ1v) is 14.3. The number of pyridine rings is 1. The molecule has 0 radical (unpaired) electrons. The van der Waals surface area contributed by atoms with Crippen LogP contribution < -0.4 is 15.4 Å². The molecule has 2 amide bonds. The van der Waals surface area contributed by atoms with Crippen LogP contribution >= 0.6 is 0 Å². The Kier molecular flexibility index (Phi) is 8.93. The summed E-state index contributed by atoms with van der Waals surface area (Å²) >= 11 is 0. The van der Waals surface area contributed by atoms with Gasteiger partial charge in [-0.1, -0.05) is 6.92 Å². The van der Waals surface area contributed by atoms with E-state index < -0.39 is 30.9 Å². The number of rotatable bonds is 12. The highest BCUT2D eigenvalue weighted by Crippen LogP contribution is 2.43. The number of aromatic nitrogens is 4. The van der Waals surface area contributed by atoms with E-state index in [9.17, 15) is 27.2 Å². The number of fused-ring (bicyclic) bond motifs is 1. The maximum absolute atomic E-state index is 14.0. The Balaban J connectivity index is 1.41. The Morgan fingerprint density at radius 1 is 1.05 bits per heavy atom. The molecule has 0 aliphatic heterocycles. The van der Waals surface area contributed by atoms with Gasteiger partial charge in [0.15, 0.2) is 5.65 Å². The van der Waals surface area contributed by atoms with Crippen LogP contribution in [0.5, 0.6) is 5.75 Å². The molecule has 0 aromatic carbocycles. The number of hydrogen-bond acceptors (Lipinski definition) is 6. The number of halogens is 4. The molecule has 2 fully saturated rings. The fraction of sp³-hybridized carbons (Fsp3) is 0.552. The van der Waals surface area contributed by atoms with Gasteiger partial charge in [0.1, 0.15) is 12.4 Å². The van der Waals surface area contributed by atoms with Crippen molar-refractivity contribution in [1.29, 1.82) is 0 Å². The summed E-state index contributed by atoms with van der Waals surface area (Å²) in [6.45, 7) is 1.11. The number of alkyl halides is 4. The maximum atomic E-state index is 14.0. The van der Waals surface area contributed by atoms with Gasteiger partial charge in [0.05, 0.1) is 41.9 Å². The first-order chi connectivity index (χ1) is 20.1. The minimum absolute atomic E-state index is 0.0116. The highest BCUT2D eigenvalue weighted by Gasteiger charge is 2.39. The van der Waals surface area contributed by atoms with E-state index in [0.29, 0.717) is 23.7 Å². The van der Waals surface area contributed by atoms with Crippen LogP contribution in [0.4, 0.5) is 17.6 Å². The SMILES string of the molecule is CCCC(=O)N[C@@H](c1cnn2cc([C@@H](NC(=O)c3cncc(OCC(F)F)c3)C3CCC(F)(F)CC3)nc2c1)C1CC1. The lowest BCUT2D eigenvalue weighted by molar-refractivity contribution is -0.122. The van der Waals surface area contributed by atoms with E-state index >= 15 is 0 Å². The summed E-state index contributed by atoms with van der Waals surface area (Å²) < 4.78 is 59.7. The Bertz CT molecular complexity index is 1400. The molecule has 3 aromatic rings. The van der Waals surface area contributed by atoms with Crippen molar-refractivity contribution in [2.75, 3.05) is 6.61 Å². The van der Waals surface area contributed by atoms with Gasteiger partial charge in [0, 0.05) is 25.5 Å². The molecule has 2 aliphatic rings. The minimum Gasteiger partial charge on any atom is -0.486 e. The van der Waals surface area contributed by atoms with Gasteiger partial charge in [-0.3, -0.25) is 14.6 Å². The van der Waals surface area contributed by atoms with Crippen molar-refractivity contribution in [1.82, 2.24) is 30.2 Å². The highest BCUT2D eigenvalue weighted by molar-refractivity contribution is 5.94. The number of carbonyl (C=O) groups is 2. The fourth-order valence-corrected chi connectivity index (χ4v) is 5.44. The molecule has 2 aliphatic carbocycles. The number of nitrogens with one attached hydrogen (secondary N) is 2. The van der Waals surface area contributed by atoms with Crippen LogP contribution in [0.3, 0.4) is 0 Å². The van der Waals surface area contributed by atoms with E-state index in [2.05, 4.69) is 20.7 Å². The molecule has 42 heavy (non-hydrogen) atoms. The third-order valence-corrected chi connectivity index (χ3v) is 7.80. The summed E-state index contributed by atoms with van der Waals surface area (Å²) in [5.74, 6) is -3.33. The van der Waals surface area contributed by atoms with Crippen molar-refractivity contribution < 1.29 is 31.9 Å². The number of nitrogens with zero attached hydrogens (tertiary/aromatic N) is 4. The van der Waals surface area contributed by atoms with Crippen molar-refractivity contribution in [2.24, 2.45) is 11.8 Å². The Morgan fingerprint density at radius 2 is 1.79 bits per heavy atom. The number of amides is 2. The second-order valence-electron chi connectivity index (χ2n) is 11.1. The standard InChI is InChI=1S/C29H34F4N6O3/c1-2-3-25(40)37-26(17-4-5-17)19-11-24-36-22(15-39(24)35-13-19)27(18-6-8-29(32,33)9-7-18)38-28(41)20-10-21(14-34-12-20)42-16-23(30)31/h10-15,17-18,23,26-27H,2-9,16H2,1H3,(H,37,40)(H,38,41)/t26-,27+/m1/s1. The van der Waals surface area contributed by atoms with Crippen LogP contribution in [0.15, 0.2) is 36.9 Å². The van der Waals surface area contributed by atoms with Crippen molar-refractivity contribution >= 4 is 17.5 Å². The Labute approximate surface area is 240 Å². The molecule has 0 spiro atoms. The highest BCUT2D eigenvalue weighted by atomic mass is 19.3. The minimum atomic E-state index is -2.76. The van der Waals surface area contributed by atoms with Crippen molar-refractivity contribution in [2.45, 2.75) is 82.7 Å². The molecule has 0 bridgehead atoms. The van der Waals surface area contributed by atoms with Gasteiger partial charge >= 0.3 is 0 Å². The molecule has 0 unspecified atom stereocenters. The van der Waals surface area contributed by atoms with Gasteiger partial charge in [-0.05, 0) is 61.6 Å². The van der Waals surface area contributed by atoms with Gasteiger partial charge in [0.2, 0.25) is 11.8 Å². The number of hydrogen-bond donors (Lipinski definition) is 2. The predicted octanol–water partition coefficient (Wildman–Crippen LogP) is 5.43. The molecule has 9 nitrogen and oxygen atoms in total. The summed E-state index contributed by atoms with van der Waals surface area (Å²) in [5, 5.41) is 10.5. The molecule has 226 valence electrons. The maximum Gasteiger partial charge on any atom is 0.272 e. The van der Waals surface area contributed by atoms with Crippen LogP contribution in [-0.4, -0.2) is 50.4 Å². The van der Waals surface area contributed by atoms with E-state index in [0.717, 1.165) is 24.8 Å². The Hall–Kier alpha value is -3.77. The van der Waals surface area contributed by atoms with Crippen molar-refractivity contribution in [3.8, 4) is 5.75 Å². The van der Waals surface area contributed by atoms with Crippen LogP contribution in [0.25, 0.3) is 5.65 Å². The van der Waals surface area contributed by atoms with Crippen LogP contribution in [-0.2, 0) is 4.79 Å². The quantitative estimate of drug-likeness (QED) is 0.272. The molecular formula is C29H34F4N6O3. The first-order valence-electron chi connectivity index (χ1n) is 14.3. The summed E-state index contributed by atoms with van der Waals surface area (Å²) in [4.78, 5) is 34.3. The predicted molar refractivity (Wildman–Crippen MR) is 144 cm³/mol. The Morgan fingerprint density at radius 3 is 2.48 bits per heavy atom. The lowest BCUT2D eigenvalue weighted by Crippen LogP contribution is -2.37. The fourth-order valence-electron chi connectivity index (χ4n) is 5.44. The molecule has 2 saturated carbocycles. The third kappa shape index (κ3) is 7.35. The molecule has 2 N–H and O–H groups in total. The molecular weight excluding hydrogens is 556 g/mol. The van der Waals surface area contributed by atoms with Crippen LogP contribution in [0, 0.1) is 11.8 Å². The number of ether oxygens (including phenoxy) is 1. The van der Waals surface area contributed by atoms with E-state index in [-0.39, 0.29) is 54.9 Å². The van der Waals surface area contributed by atoms with E-state index in [4.69, 9.17) is 9.72 Å². The third-order valence-electron chi connectivity index (χ3n) is 7.80. The lowest BCUT2D eigenvalue weighted by Gasteiger charge is -2.33. The molecule has 3 aromatic heterocycles.